The van der Waals surface area contributed by atoms with Crippen molar-refractivity contribution in [2.75, 3.05) is 34.0 Å². The minimum absolute atomic E-state index is 0.0565. The SMILES string of the molecule is COC[C@H](C)Oc1ccc(-c2cc3ncccc3c(OC[C@H]3CNC(=O)C3)n2)cc1OC. The molecule has 0 radical (unpaired) electrons. The first kappa shape index (κ1) is 21.8. The topological polar surface area (TPSA) is 91.8 Å². The van der Waals surface area contributed by atoms with Gasteiger partial charge in [0.2, 0.25) is 11.8 Å². The first-order chi connectivity index (χ1) is 15.6. The molecule has 3 aromatic rings. The molecule has 2 atom stereocenters. The zero-order valence-electron chi connectivity index (χ0n) is 18.5. The molecule has 1 aromatic carbocycles. The summed E-state index contributed by atoms with van der Waals surface area (Å²) in [6, 6.07) is 11.4. The maximum Gasteiger partial charge on any atom is 0.223 e. The molecule has 168 valence electrons. The number of benzene rings is 1. The van der Waals surface area contributed by atoms with Crippen LogP contribution in [0.5, 0.6) is 17.4 Å². The fourth-order valence-corrected chi connectivity index (χ4v) is 3.69. The third-order valence-corrected chi connectivity index (χ3v) is 5.27. The Hall–Kier alpha value is -3.39. The summed E-state index contributed by atoms with van der Waals surface area (Å²) < 4.78 is 22.7. The molecule has 0 bridgehead atoms. The maximum absolute atomic E-state index is 11.5. The number of fused-ring (bicyclic) bond motifs is 1. The Morgan fingerprint density at radius 1 is 1.19 bits per heavy atom. The number of carbonyl (C=O) groups excluding carboxylic acids is 1. The summed E-state index contributed by atoms with van der Waals surface area (Å²) in [5.41, 5.74) is 2.34. The molecular formula is C24H27N3O5. The summed E-state index contributed by atoms with van der Waals surface area (Å²) in [5.74, 6) is 1.92. The van der Waals surface area contributed by atoms with E-state index in [1.54, 1.807) is 20.4 Å². The van der Waals surface area contributed by atoms with Crippen molar-refractivity contribution in [1.82, 2.24) is 15.3 Å². The minimum atomic E-state index is -0.111. The first-order valence-corrected chi connectivity index (χ1v) is 10.6. The van der Waals surface area contributed by atoms with Crippen LogP contribution in [0.4, 0.5) is 0 Å². The van der Waals surface area contributed by atoms with Gasteiger partial charge in [0.25, 0.3) is 0 Å². The molecule has 1 aliphatic heterocycles. The monoisotopic (exact) mass is 437 g/mol. The minimum Gasteiger partial charge on any atom is -0.493 e. The van der Waals surface area contributed by atoms with Crippen LogP contribution in [0.3, 0.4) is 0 Å². The summed E-state index contributed by atoms with van der Waals surface area (Å²) >= 11 is 0. The molecule has 0 saturated carbocycles. The average Bonchev–Trinajstić information content (AvgIpc) is 3.22. The van der Waals surface area contributed by atoms with Crippen molar-refractivity contribution in [1.29, 1.82) is 0 Å². The lowest BCUT2D eigenvalue weighted by Gasteiger charge is -2.17. The Labute approximate surface area is 186 Å². The summed E-state index contributed by atoms with van der Waals surface area (Å²) in [6.07, 6.45) is 2.10. The Balaban J connectivity index is 1.64. The molecule has 8 heteroatoms. The van der Waals surface area contributed by atoms with Crippen LogP contribution in [0.2, 0.25) is 0 Å². The number of methoxy groups -OCH3 is 2. The molecule has 4 rings (SSSR count). The van der Waals surface area contributed by atoms with E-state index in [-0.39, 0.29) is 17.9 Å². The van der Waals surface area contributed by atoms with Crippen molar-refractivity contribution < 1.29 is 23.7 Å². The smallest absolute Gasteiger partial charge is 0.223 e. The lowest BCUT2D eigenvalue weighted by Crippen LogP contribution is -2.18. The van der Waals surface area contributed by atoms with Crippen LogP contribution < -0.4 is 19.5 Å². The number of rotatable bonds is 9. The second-order valence-corrected chi connectivity index (χ2v) is 7.82. The fraction of sp³-hybridized carbons (Fsp3) is 0.375. The zero-order chi connectivity index (χ0) is 22.5. The van der Waals surface area contributed by atoms with Crippen molar-refractivity contribution in [2.45, 2.75) is 19.4 Å². The second-order valence-electron chi connectivity index (χ2n) is 7.82. The number of hydrogen-bond acceptors (Lipinski definition) is 7. The van der Waals surface area contributed by atoms with Crippen molar-refractivity contribution >= 4 is 16.8 Å². The highest BCUT2D eigenvalue weighted by molar-refractivity contribution is 5.87. The van der Waals surface area contributed by atoms with Gasteiger partial charge in [-0.1, -0.05) is 0 Å². The van der Waals surface area contributed by atoms with Gasteiger partial charge in [-0.25, -0.2) is 4.98 Å². The first-order valence-electron chi connectivity index (χ1n) is 10.6. The third kappa shape index (κ3) is 4.91. The summed E-state index contributed by atoms with van der Waals surface area (Å²) in [4.78, 5) is 20.7. The molecule has 0 spiro atoms. The van der Waals surface area contributed by atoms with E-state index in [2.05, 4.69) is 10.3 Å². The van der Waals surface area contributed by atoms with E-state index in [1.165, 1.54) is 0 Å². The molecule has 1 saturated heterocycles. The standard InChI is InChI=1S/C24H27N3O5/c1-15(13-29-2)32-21-7-6-17(10-22(21)30-3)19-11-20-18(5-4-8-25-20)24(27-19)31-14-16-9-23(28)26-12-16/h4-8,10-11,15-16H,9,12-14H2,1-3H3,(H,26,28)/t15-,16+/m0/s1. The van der Waals surface area contributed by atoms with Gasteiger partial charge in [0, 0.05) is 37.8 Å². The highest BCUT2D eigenvalue weighted by Crippen LogP contribution is 2.35. The number of amides is 1. The summed E-state index contributed by atoms with van der Waals surface area (Å²) in [6.45, 7) is 3.44. The number of nitrogens with zero attached hydrogens (tertiary/aromatic N) is 2. The predicted molar refractivity (Wildman–Crippen MR) is 120 cm³/mol. The van der Waals surface area contributed by atoms with Gasteiger partial charge in [-0.15, -0.1) is 0 Å². The van der Waals surface area contributed by atoms with Crippen molar-refractivity contribution in [3.8, 4) is 28.6 Å². The van der Waals surface area contributed by atoms with E-state index in [4.69, 9.17) is 23.9 Å². The Morgan fingerprint density at radius 3 is 2.81 bits per heavy atom. The molecule has 3 heterocycles. The van der Waals surface area contributed by atoms with Crippen LogP contribution in [0.25, 0.3) is 22.2 Å². The molecular weight excluding hydrogens is 410 g/mol. The summed E-state index contributed by atoms with van der Waals surface area (Å²) in [7, 11) is 3.24. The lowest BCUT2D eigenvalue weighted by atomic mass is 10.1. The van der Waals surface area contributed by atoms with Gasteiger partial charge in [-0.3, -0.25) is 9.78 Å². The van der Waals surface area contributed by atoms with Crippen LogP contribution in [0.1, 0.15) is 13.3 Å². The molecule has 0 unspecified atom stereocenters. The van der Waals surface area contributed by atoms with Crippen LogP contribution in [-0.4, -0.2) is 56.0 Å². The van der Waals surface area contributed by atoms with Gasteiger partial charge in [-0.05, 0) is 43.3 Å². The van der Waals surface area contributed by atoms with Gasteiger partial charge < -0.3 is 24.3 Å². The summed E-state index contributed by atoms with van der Waals surface area (Å²) in [5, 5.41) is 3.66. The average molecular weight is 437 g/mol. The third-order valence-electron chi connectivity index (χ3n) is 5.27. The zero-order valence-corrected chi connectivity index (χ0v) is 18.5. The van der Waals surface area contributed by atoms with Gasteiger partial charge in [0.15, 0.2) is 11.5 Å². The van der Waals surface area contributed by atoms with E-state index < -0.39 is 0 Å². The largest absolute Gasteiger partial charge is 0.493 e. The fourth-order valence-electron chi connectivity index (χ4n) is 3.69. The van der Waals surface area contributed by atoms with E-state index in [0.717, 1.165) is 16.5 Å². The van der Waals surface area contributed by atoms with Crippen LogP contribution in [0, 0.1) is 5.92 Å². The quantitative estimate of drug-likeness (QED) is 0.549. The number of ether oxygens (including phenoxy) is 4. The van der Waals surface area contributed by atoms with Crippen LogP contribution in [0.15, 0.2) is 42.6 Å². The predicted octanol–water partition coefficient (Wildman–Crippen LogP) is 3.23. The highest BCUT2D eigenvalue weighted by atomic mass is 16.5. The molecule has 0 aliphatic carbocycles. The van der Waals surface area contributed by atoms with E-state index in [0.29, 0.717) is 49.3 Å². The lowest BCUT2D eigenvalue weighted by molar-refractivity contribution is -0.119. The van der Waals surface area contributed by atoms with Crippen molar-refractivity contribution in [2.24, 2.45) is 5.92 Å². The number of pyridine rings is 2. The van der Waals surface area contributed by atoms with Gasteiger partial charge in [0.1, 0.15) is 6.10 Å². The number of aromatic nitrogens is 2. The van der Waals surface area contributed by atoms with Crippen LogP contribution in [-0.2, 0) is 9.53 Å². The van der Waals surface area contributed by atoms with E-state index >= 15 is 0 Å². The second kappa shape index (κ2) is 9.82. The highest BCUT2D eigenvalue weighted by Gasteiger charge is 2.23. The van der Waals surface area contributed by atoms with E-state index in [9.17, 15) is 4.79 Å². The normalized spacial score (nSPS) is 16.6. The molecule has 1 amide bonds. The number of carbonyl (C=O) groups is 1. The Bertz CT molecular complexity index is 1100. The maximum atomic E-state index is 11.5. The molecule has 8 nitrogen and oxygen atoms in total. The molecule has 32 heavy (non-hydrogen) atoms. The van der Waals surface area contributed by atoms with Gasteiger partial charge in [0.05, 0.1) is 36.9 Å². The van der Waals surface area contributed by atoms with Crippen molar-refractivity contribution in [3.05, 3.63) is 42.6 Å². The molecule has 1 N–H and O–H groups in total. The Kier molecular flexibility index (Phi) is 6.70. The van der Waals surface area contributed by atoms with Crippen molar-refractivity contribution in [3.63, 3.8) is 0 Å². The number of nitrogens with one attached hydrogen (secondary N) is 1. The molecule has 1 aliphatic rings. The van der Waals surface area contributed by atoms with E-state index in [1.807, 2.05) is 43.3 Å². The van der Waals surface area contributed by atoms with Gasteiger partial charge in [-0.2, -0.15) is 0 Å². The van der Waals surface area contributed by atoms with Gasteiger partial charge >= 0.3 is 0 Å². The number of hydrogen-bond donors (Lipinski definition) is 1. The molecule has 2 aromatic heterocycles. The van der Waals surface area contributed by atoms with Crippen LogP contribution >= 0.6 is 0 Å². The Morgan fingerprint density at radius 2 is 2.06 bits per heavy atom. The molecule has 1 fully saturated rings.